The van der Waals surface area contributed by atoms with Crippen molar-refractivity contribution in [2.75, 3.05) is 5.32 Å². The molecular formula is C25H26ClN3O4. The summed E-state index contributed by atoms with van der Waals surface area (Å²) >= 11 is 5.96. The first-order chi connectivity index (χ1) is 15.9. The van der Waals surface area contributed by atoms with Gasteiger partial charge in [0.1, 0.15) is 17.2 Å². The smallest absolute Gasteiger partial charge is 0.261 e. The number of nitrogens with one attached hydrogen (secondary N) is 2. The summed E-state index contributed by atoms with van der Waals surface area (Å²) in [6.45, 7) is 3.64. The molecule has 2 amide bonds. The Bertz CT molecular complexity index is 1160. The monoisotopic (exact) mass is 467 g/mol. The number of aromatic nitrogens is 1. The topological polar surface area (TPSA) is 93.5 Å². The first-order valence-corrected chi connectivity index (χ1v) is 11.3. The Labute approximate surface area is 197 Å². The van der Waals surface area contributed by atoms with Crippen molar-refractivity contribution in [1.29, 1.82) is 0 Å². The lowest BCUT2D eigenvalue weighted by Gasteiger charge is -2.24. The van der Waals surface area contributed by atoms with Gasteiger partial charge in [-0.1, -0.05) is 36.2 Å². The number of ether oxygens (including phenoxy) is 1. The van der Waals surface area contributed by atoms with Crippen LogP contribution in [0.25, 0.3) is 11.5 Å². The molecule has 33 heavy (non-hydrogen) atoms. The molecule has 2 aromatic carbocycles. The predicted octanol–water partition coefficient (Wildman–Crippen LogP) is 5.13. The number of para-hydroxylation sites is 1. The molecule has 0 spiro atoms. The normalized spacial score (nSPS) is 14.3. The van der Waals surface area contributed by atoms with E-state index < -0.39 is 6.10 Å². The Hall–Kier alpha value is -3.32. The Balaban J connectivity index is 1.40. The molecule has 2 N–H and O–H groups in total. The molecule has 8 heteroatoms. The highest BCUT2D eigenvalue weighted by Gasteiger charge is 2.26. The van der Waals surface area contributed by atoms with E-state index in [9.17, 15) is 9.59 Å². The summed E-state index contributed by atoms with van der Waals surface area (Å²) in [7, 11) is 0. The zero-order valence-electron chi connectivity index (χ0n) is 18.6. The minimum Gasteiger partial charge on any atom is -0.481 e. The van der Waals surface area contributed by atoms with E-state index in [4.69, 9.17) is 20.8 Å². The minimum absolute atomic E-state index is 0.0261. The van der Waals surface area contributed by atoms with Crippen LogP contribution in [0, 0.1) is 12.8 Å². The van der Waals surface area contributed by atoms with Crippen molar-refractivity contribution in [2.45, 2.75) is 45.8 Å². The number of oxazole rings is 1. The lowest BCUT2D eigenvalue weighted by Crippen LogP contribution is -2.36. The summed E-state index contributed by atoms with van der Waals surface area (Å²) in [5, 5.41) is 6.36. The van der Waals surface area contributed by atoms with E-state index in [-0.39, 0.29) is 24.3 Å². The second-order valence-corrected chi connectivity index (χ2v) is 8.56. The molecular weight excluding hydrogens is 442 g/mol. The van der Waals surface area contributed by atoms with Gasteiger partial charge in [0, 0.05) is 10.9 Å². The van der Waals surface area contributed by atoms with E-state index in [1.165, 1.54) is 0 Å². The molecule has 4 rings (SSSR count). The van der Waals surface area contributed by atoms with Gasteiger partial charge in [0.05, 0.1) is 17.8 Å². The Morgan fingerprint density at radius 2 is 2.00 bits per heavy atom. The zero-order valence-corrected chi connectivity index (χ0v) is 19.3. The van der Waals surface area contributed by atoms with Gasteiger partial charge >= 0.3 is 0 Å². The summed E-state index contributed by atoms with van der Waals surface area (Å²) in [6.07, 6.45) is 2.24. The highest BCUT2D eigenvalue weighted by Crippen LogP contribution is 2.32. The van der Waals surface area contributed by atoms with Gasteiger partial charge in [-0.15, -0.1) is 0 Å². The Kier molecular flexibility index (Phi) is 6.99. The van der Waals surface area contributed by atoms with Crippen LogP contribution in [0.4, 0.5) is 5.69 Å². The van der Waals surface area contributed by atoms with Gasteiger partial charge in [0.25, 0.3) is 5.91 Å². The van der Waals surface area contributed by atoms with Gasteiger partial charge in [0.2, 0.25) is 11.8 Å². The number of aryl methyl sites for hydroxylation is 1. The van der Waals surface area contributed by atoms with Crippen LogP contribution < -0.4 is 15.4 Å². The third-order valence-electron chi connectivity index (χ3n) is 5.69. The maximum atomic E-state index is 12.5. The zero-order chi connectivity index (χ0) is 23.4. The van der Waals surface area contributed by atoms with Gasteiger partial charge < -0.3 is 19.8 Å². The highest BCUT2D eigenvalue weighted by atomic mass is 35.5. The average Bonchev–Trinajstić information content (AvgIpc) is 3.11. The molecule has 0 saturated heterocycles. The van der Waals surface area contributed by atoms with Gasteiger partial charge in [-0.3, -0.25) is 9.59 Å². The van der Waals surface area contributed by atoms with Crippen LogP contribution in [-0.2, 0) is 16.1 Å². The Morgan fingerprint density at radius 3 is 2.73 bits per heavy atom. The molecule has 1 unspecified atom stereocenters. The van der Waals surface area contributed by atoms with E-state index in [1.54, 1.807) is 38.1 Å². The van der Waals surface area contributed by atoms with Crippen LogP contribution in [-0.4, -0.2) is 22.9 Å². The second kappa shape index (κ2) is 10.1. The highest BCUT2D eigenvalue weighted by molar-refractivity contribution is 6.30. The lowest BCUT2D eigenvalue weighted by atomic mass is 9.85. The van der Waals surface area contributed by atoms with Crippen molar-refractivity contribution in [2.24, 2.45) is 5.92 Å². The van der Waals surface area contributed by atoms with Crippen LogP contribution in [0.3, 0.4) is 0 Å². The van der Waals surface area contributed by atoms with Crippen molar-refractivity contribution in [1.82, 2.24) is 10.3 Å². The van der Waals surface area contributed by atoms with E-state index in [1.807, 2.05) is 24.3 Å². The number of hydrogen-bond donors (Lipinski definition) is 2. The maximum Gasteiger partial charge on any atom is 0.261 e. The molecule has 1 fully saturated rings. The SMILES string of the molecule is Cc1oc(-c2ccccc2NC(=O)C2CCC2)nc1CNC(=O)C(C)Oc1cccc(Cl)c1. The average molecular weight is 468 g/mol. The van der Waals surface area contributed by atoms with E-state index in [0.717, 1.165) is 19.3 Å². The number of amides is 2. The number of nitrogens with zero attached hydrogens (tertiary/aromatic N) is 1. The van der Waals surface area contributed by atoms with Crippen LogP contribution >= 0.6 is 11.6 Å². The van der Waals surface area contributed by atoms with Crippen LogP contribution in [0.5, 0.6) is 5.75 Å². The van der Waals surface area contributed by atoms with E-state index in [0.29, 0.717) is 39.4 Å². The molecule has 1 heterocycles. The van der Waals surface area contributed by atoms with Gasteiger partial charge in [0.15, 0.2) is 6.10 Å². The van der Waals surface area contributed by atoms with Crippen LogP contribution in [0.2, 0.25) is 5.02 Å². The Morgan fingerprint density at radius 1 is 1.21 bits per heavy atom. The number of carbonyl (C=O) groups is 2. The first kappa shape index (κ1) is 22.9. The summed E-state index contributed by atoms with van der Waals surface area (Å²) in [5.74, 6) is 1.32. The maximum absolute atomic E-state index is 12.5. The molecule has 0 radical (unpaired) electrons. The molecule has 172 valence electrons. The summed E-state index contributed by atoms with van der Waals surface area (Å²) < 4.78 is 11.5. The number of halogens is 1. The lowest BCUT2D eigenvalue weighted by molar-refractivity contribution is -0.127. The molecule has 7 nitrogen and oxygen atoms in total. The summed E-state index contributed by atoms with van der Waals surface area (Å²) in [4.78, 5) is 29.5. The summed E-state index contributed by atoms with van der Waals surface area (Å²) in [6, 6.07) is 14.3. The van der Waals surface area contributed by atoms with Gasteiger partial charge in [-0.05, 0) is 57.0 Å². The fourth-order valence-electron chi connectivity index (χ4n) is 3.50. The predicted molar refractivity (Wildman–Crippen MR) is 126 cm³/mol. The van der Waals surface area contributed by atoms with Crippen LogP contribution in [0.15, 0.2) is 52.9 Å². The van der Waals surface area contributed by atoms with Crippen molar-refractivity contribution < 1.29 is 18.7 Å². The van der Waals surface area contributed by atoms with Crippen molar-refractivity contribution in [3.05, 3.63) is 65.0 Å². The molecule has 1 saturated carbocycles. The number of rotatable bonds is 8. The van der Waals surface area contributed by atoms with Crippen molar-refractivity contribution >= 4 is 29.1 Å². The molecule has 0 bridgehead atoms. The molecule has 0 aliphatic heterocycles. The molecule has 3 aromatic rings. The van der Waals surface area contributed by atoms with Gasteiger partial charge in [-0.25, -0.2) is 4.98 Å². The van der Waals surface area contributed by atoms with E-state index in [2.05, 4.69) is 15.6 Å². The minimum atomic E-state index is -0.711. The quantitative estimate of drug-likeness (QED) is 0.479. The molecule has 1 aliphatic carbocycles. The summed E-state index contributed by atoms with van der Waals surface area (Å²) in [5.41, 5.74) is 1.96. The largest absolute Gasteiger partial charge is 0.481 e. The standard InChI is InChI=1S/C25H26ClN3O4/c1-15-22(14-27-23(30)16(2)32-19-10-6-9-18(26)13-19)29-25(33-15)20-11-3-4-12-21(20)28-24(31)17-7-5-8-17/h3-4,6,9-13,16-17H,5,7-8,14H2,1-2H3,(H,27,30)(H,28,31). The fourth-order valence-corrected chi connectivity index (χ4v) is 3.68. The molecule has 1 aliphatic rings. The number of carbonyl (C=O) groups excluding carboxylic acids is 2. The first-order valence-electron chi connectivity index (χ1n) is 11.0. The fraction of sp³-hybridized carbons (Fsp3) is 0.320. The van der Waals surface area contributed by atoms with Crippen molar-refractivity contribution in [3.63, 3.8) is 0 Å². The van der Waals surface area contributed by atoms with Gasteiger partial charge in [-0.2, -0.15) is 0 Å². The van der Waals surface area contributed by atoms with Crippen molar-refractivity contribution in [3.8, 4) is 17.2 Å². The third-order valence-corrected chi connectivity index (χ3v) is 5.93. The number of benzene rings is 2. The van der Waals surface area contributed by atoms with E-state index >= 15 is 0 Å². The number of anilines is 1. The third kappa shape index (κ3) is 5.54. The van der Waals surface area contributed by atoms with Crippen LogP contribution in [0.1, 0.15) is 37.6 Å². The number of hydrogen-bond acceptors (Lipinski definition) is 5. The second-order valence-electron chi connectivity index (χ2n) is 8.12. The molecule has 1 aromatic heterocycles. The molecule has 1 atom stereocenters.